The van der Waals surface area contributed by atoms with E-state index >= 15 is 0 Å². The van der Waals surface area contributed by atoms with Crippen LogP contribution in [-0.2, 0) is 11.3 Å². The highest BCUT2D eigenvalue weighted by molar-refractivity contribution is 9.10. The Bertz CT molecular complexity index is 1000. The Morgan fingerprint density at radius 3 is 2.58 bits per heavy atom. The van der Waals surface area contributed by atoms with Gasteiger partial charge in [0.2, 0.25) is 5.91 Å². The van der Waals surface area contributed by atoms with Gasteiger partial charge in [-0.3, -0.25) is 14.2 Å². The summed E-state index contributed by atoms with van der Waals surface area (Å²) in [6, 6.07) is 13.1. The van der Waals surface area contributed by atoms with Crippen molar-refractivity contribution in [2.24, 2.45) is 0 Å². The molecule has 1 N–H and O–H groups in total. The van der Waals surface area contributed by atoms with Gasteiger partial charge in [0.25, 0.3) is 5.56 Å². The fourth-order valence-corrected chi connectivity index (χ4v) is 3.29. The van der Waals surface area contributed by atoms with Gasteiger partial charge in [-0.05, 0) is 42.8 Å². The minimum absolute atomic E-state index is 0.0991. The van der Waals surface area contributed by atoms with Crippen molar-refractivity contribution >= 4 is 48.7 Å². The lowest BCUT2D eigenvalue weighted by Crippen LogP contribution is -2.29. The SMILES string of the molecule is CC(NC(=O)CCn1cnc2ccc(Br)cc2c1=O)c1ccc(Br)cc1. The Hall–Kier alpha value is -1.99. The summed E-state index contributed by atoms with van der Waals surface area (Å²) in [7, 11) is 0. The third-order valence-electron chi connectivity index (χ3n) is 4.11. The number of benzene rings is 2. The molecule has 1 amide bonds. The van der Waals surface area contributed by atoms with Crippen molar-refractivity contribution in [1.29, 1.82) is 0 Å². The van der Waals surface area contributed by atoms with Gasteiger partial charge in [0.05, 0.1) is 23.3 Å². The molecule has 0 aliphatic rings. The third kappa shape index (κ3) is 4.40. The number of carbonyl (C=O) groups excluding carboxylic acids is 1. The zero-order valence-electron chi connectivity index (χ0n) is 14.1. The molecule has 0 saturated carbocycles. The molecule has 1 unspecified atom stereocenters. The highest BCUT2D eigenvalue weighted by Gasteiger charge is 2.11. The first kappa shape index (κ1) is 18.8. The van der Waals surface area contributed by atoms with Gasteiger partial charge in [0.1, 0.15) is 0 Å². The van der Waals surface area contributed by atoms with E-state index in [-0.39, 0.29) is 30.5 Å². The van der Waals surface area contributed by atoms with E-state index in [0.29, 0.717) is 10.9 Å². The summed E-state index contributed by atoms with van der Waals surface area (Å²) in [5.74, 6) is -0.110. The summed E-state index contributed by atoms with van der Waals surface area (Å²) < 4.78 is 3.29. The summed E-state index contributed by atoms with van der Waals surface area (Å²) >= 11 is 6.76. The Labute approximate surface area is 167 Å². The maximum atomic E-state index is 12.5. The van der Waals surface area contributed by atoms with Crippen LogP contribution in [0.15, 0.2) is 62.5 Å². The quantitative estimate of drug-likeness (QED) is 0.598. The molecular formula is C19H17Br2N3O2. The summed E-state index contributed by atoms with van der Waals surface area (Å²) in [5.41, 5.74) is 1.52. The molecule has 0 saturated heterocycles. The third-order valence-corrected chi connectivity index (χ3v) is 5.14. The van der Waals surface area contributed by atoms with Crippen molar-refractivity contribution in [2.45, 2.75) is 25.9 Å². The number of nitrogens with zero attached hydrogens (tertiary/aromatic N) is 2. The molecule has 1 atom stereocenters. The minimum Gasteiger partial charge on any atom is -0.350 e. The van der Waals surface area contributed by atoms with Gasteiger partial charge in [0, 0.05) is 21.9 Å². The zero-order chi connectivity index (χ0) is 18.7. The predicted octanol–water partition coefficient (Wildman–Crippen LogP) is 4.19. The Morgan fingerprint density at radius 2 is 1.85 bits per heavy atom. The monoisotopic (exact) mass is 477 g/mol. The predicted molar refractivity (Wildman–Crippen MR) is 109 cm³/mol. The van der Waals surface area contributed by atoms with E-state index in [9.17, 15) is 9.59 Å². The van der Waals surface area contributed by atoms with Crippen LogP contribution in [0.5, 0.6) is 0 Å². The lowest BCUT2D eigenvalue weighted by molar-refractivity contribution is -0.121. The summed E-state index contributed by atoms with van der Waals surface area (Å²) in [4.78, 5) is 29.1. The van der Waals surface area contributed by atoms with Gasteiger partial charge in [-0.15, -0.1) is 0 Å². The summed E-state index contributed by atoms with van der Waals surface area (Å²) in [6.45, 7) is 2.22. The number of amides is 1. The fourth-order valence-electron chi connectivity index (χ4n) is 2.66. The van der Waals surface area contributed by atoms with Crippen LogP contribution in [0.4, 0.5) is 0 Å². The molecular weight excluding hydrogens is 462 g/mol. The zero-order valence-corrected chi connectivity index (χ0v) is 17.2. The van der Waals surface area contributed by atoms with Crippen LogP contribution in [-0.4, -0.2) is 15.5 Å². The number of carbonyl (C=O) groups is 1. The summed E-state index contributed by atoms with van der Waals surface area (Å²) in [5, 5.41) is 3.49. The van der Waals surface area contributed by atoms with Gasteiger partial charge >= 0.3 is 0 Å². The molecule has 3 rings (SSSR count). The van der Waals surface area contributed by atoms with E-state index in [1.54, 1.807) is 12.1 Å². The first-order valence-corrected chi connectivity index (χ1v) is 9.72. The van der Waals surface area contributed by atoms with Crippen LogP contribution < -0.4 is 10.9 Å². The Balaban J connectivity index is 1.66. The van der Waals surface area contributed by atoms with Crippen molar-refractivity contribution in [1.82, 2.24) is 14.9 Å². The highest BCUT2D eigenvalue weighted by atomic mass is 79.9. The number of aryl methyl sites for hydroxylation is 1. The number of nitrogens with one attached hydrogen (secondary N) is 1. The molecule has 0 aliphatic heterocycles. The second kappa shape index (κ2) is 8.14. The molecule has 2 aromatic carbocycles. The second-order valence-electron chi connectivity index (χ2n) is 6.00. The number of halogens is 2. The molecule has 0 fully saturated rings. The van der Waals surface area contributed by atoms with Gasteiger partial charge in [-0.25, -0.2) is 4.98 Å². The van der Waals surface area contributed by atoms with E-state index in [4.69, 9.17) is 0 Å². The van der Waals surface area contributed by atoms with Crippen LogP contribution in [0.25, 0.3) is 10.9 Å². The number of rotatable bonds is 5. The second-order valence-corrected chi connectivity index (χ2v) is 7.83. The molecule has 0 bridgehead atoms. The number of hydrogen-bond acceptors (Lipinski definition) is 3. The Kier molecular flexibility index (Phi) is 5.88. The van der Waals surface area contributed by atoms with E-state index < -0.39 is 0 Å². The van der Waals surface area contributed by atoms with E-state index in [2.05, 4.69) is 42.2 Å². The molecule has 26 heavy (non-hydrogen) atoms. The van der Waals surface area contributed by atoms with Crippen molar-refractivity contribution in [3.63, 3.8) is 0 Å². The molecule has 1 heterocycles. The van der Waals surface area contributed by atoms with Gasteiger partial charge in [-0.2, -0.15) is 0 Å². The molecule has 3 aromatic rings. The normalized spacial score (nSPS) is 12.1. The van der Waals surface area contributed by atoms with Crippen LogP contribution in [0, 0.1) is 0 Å². The van der Waals surface area contributed by atoms with Crippen molar-refractivity contribution in [2.75, 3.05) is 0 Å². The molecule has 0 radical (unpaired) electrons. The van der Waals surface area contributed by atoms with E-state index in [0.717, 1.165) is 14.5 Å². The van der Waals surface area contributed by atoms with E-state index in [1.807, 2.05) is 37.3 Å². The average Bonchev–Trinajstić information content (AvgIpc) is 2.62. The molecule has 1 aromatic heterocycles. The number of aromatic nitrogens is 2. The molecule has 0 spiro atoms. The molecule has 5 nitrogen and oxygen atoms in total. The maximum absolute atomic E-state index is 12.5. The van der Waals surface area contributed by atoms with Gasteiger partial charge in [0.15, 0.2) is 0 Å². The lowest BCUT2D eigenvalue weighted by atomic mass is 10.1. The molecule has 7 heteroatoms. The average molecular weight is 479 g/mol. The van der Waals surface area contributed by atoms with E-state index in [1.165, 1.54) is 10.9 Å². The van der Waals surface area contributed by atoms with Crippen LogP contribution in [0.2, 0.25) is 0 Å². The Morgan fingerprint density at radius 1 is 1.15 bits per heavy atom. The number of hydrogen-bond donors (Lipinski definition) is 1. The topological polar surface area (TPSA) is 64.0 Å². The van der Waals surface area contributed by atoms with Crippen molar-refractivity contribution < 1.29 is 4.79 Å². The largest absolute Gasteiger partial charge is 0.350 e. The smallest absolute Gasteiger partial charge is 0.261 e. The fraction of sp³-hybridized carbons (Fsp3) is 0.211. The van der Waals surface area contributed by atoms with Crippen molar-refractivity contribution in [3.05, 3.63) is 73.7 Å². The van der Waals surface area contributed by atoms with Gasteiger partial charge in [-0.1, -0.05) is 44.0 Å². The maximum Gasteiger partial charge on any atom is 0.261 e. The first-order chi connectivity index (χ1) is 12.4. The number of fused-ring (bicyclic) bond motifs is 1. The first-order valence-electron chi connectivity index (χ1n) is 8.13. The van der Waals surface area contributed by atoms with Crippen LogP contribution in [0.1, 0.15) is 24.9 Å². The van der Waals surface area contributed by atoms with Crippen LogP contribution in [0.3, 0.4) is 0 Å². The summed E-state index contributed by atoms with van der Waals surface area (Å²) in [6.07, 6.45) is 1.70. The lowest BCUT2D eigenvalue weighted by Gasteiger charge is -2.15. The van der Waals surface area contributed by atoms with Crippen LogP contribution >= 0.6 is 31.9 Å². The van der Waals surface area contributed by atoms with Gasteiger partial charge < -0.3 is 5.32 Å². The van der Waals surface area contributed by atoms with Crippen molar-refractivity contribution in [3.8, 4) is 0 Å². The minimum atomic E-state index is -0.148. The standard InChI is InChI=1S/C19H17Br2N3O2/c1-12(13-2-4-14(20)5-3-13)23-18(25)8-9-24-11-22-17-7-6-15(21)10-16(17)19(24)26/h2-7,10-12H,8-9H2,1H3,(H,23,25). The molecule has 0 aliphatic carbocycles. The molecule has 134 valence electrons. The highest BCUT2D eigenvalue weighted by Crippen LogP contribution is 2.17.